The molecule has 146 valence electrons. The van der Waals surface area contributed by atoms with E-state index in [9.17, 15) is 9.59 Å². The Morgan fingerprint density at radius 2 is 1.89 bits per heavy atom. The number of amides is 1. The van der Waals surface area contributed by atoms with Crippen LogP contribution in [-0.4, -0.2) is 32.8 Å². The minimum Gasteiger partial charge on any atom is -0.481 e. The molecule has 0 saturated carbocycles. The highest BCUT2D eigenvalue weighted by Gasteiger charge is 2.19. The summed E-state index contributed by atoms with van der Waals surface area (Å²) in [5.41, 5.74) is 2.45. The van der Waals surface area contributed by atoms with Crippen molar-refractivity contribution in [2.75, 3.05) is 0 Å². The topological polar surface area (TPSA) is 84.2 Å². The number of aliphatic carboxylic acids is 1. The number of benzene rings is 1. The molecule has 2 rings (SSSR count). The summed E-state index contributed by atoms with van der Waals surface area (Å²) in [4.78, 5) is 23.7. The van der Waals surface area contributed by atoms with Crippen LogP contribution in [0, 0.1) is 12.8 Å². The summed E-state index contributed by atoms with van der Waals surface area (Å²) in [6, 6.07) is 9.53. The smallest absolute Gasteiger partial charge is 0.303 e. The van der Waals surface area contributed by atoms with Crippen molar-refractivity contribution in [1.82, 2.24) is 15.1 Å². The molecule has 2 N–H and O–H groups in total. The molecule has 0 bridgehead atoms. The molecular weight excluding hydrogens is 342 g/mol. The van der Waals surface area contributed by atoms with E-state index in [2.05, 4.69) is 24.3 Å². The Bertz CT molecular complexity index is 753. The van der Waals surface area contributed by atoms with Crippen LogP contribution in [0.3, 0.4) is 0 Å². The Balaban J connectivity index is 2.06. The molecule has 1 atom stereocenters. The second-order valence-corrected chi connectivity index (χ2v) is 7.34. The van der Waals surface area contributed by atoms with Crippen LogP contribution >= 0.6 is 0 Å². The highest BCUT2D eigenvalue weighted by atomic mass is 16.4. The van der Waals surface area contributed by atoms with E-state index in [1.54, 1.807) is 6.20 Å². The molecule has 0 aliphatic carbocycles. The third-order valence-electron chi connectivity index (χ3n) is 4.63. The van der Waals surface area contributed by atoms with E-state index in [1.165, 1.54) is 0 Å². The van der Waals surface area contributed by atoms with Crippen LogP contribution in [0.5, 0.6) is 0 Å². The molecule has 1 aromatic heterocycles. The van der Waals surface area contributed by atoms with Crippen LogP contribution in [0.4, 0.5) is 0 Å². The molecule has 0 radical (unpaired) electrons. The SMILES string of the molecule is Cc1c(C(=O)NC(CCC(=O)O)Cc2ccccc2)cnn1CCC(C)C. The lowest BCUT2D eigenvalue weighted by Gasteiger charge is -2.18. The number of nitrogens with one attached hydrogen (secondary N) is 1. The fourth-order valence-electron chi connectivity index (χ4n) is 2.96. The van der Waals surface area contributed by atoms with Gasteiger partial charge >= 0.3 is 5.97 Å². The van der Waals surface area contributed by atoms with Gasteiger partial charge in [0.15, 0.2) is 0 Å². The van der Waals surface area contributed by atoms with Gasteiger partial charge in [0.1, 0.15) is 0 Å². The van der Waals surface area contributed by atoms with Gasteiger partial charge in [0, 0.05) is 24.7 Å². The Hall–Kier alpha value is -2.63. The Morgan fingerprint density at radius 3 is 2.52 bits per heavy atom. The zero-order valence-corrected chi connectivity index (χ0v) is 16.3. The number of hydrogen-bond acceptors (Lipinski definition) is 3. The summed E-state index contributed by atoms with van der Waals surface area (Å²) in [7, 11) is 0. The van der Waals surface area contributed by atoms with Crippen molar-refractivity contribution < 1.29 is 14.7 Å². The van der Waals surface area contributed by atoms with E-state index in [0.29, 0.717) is 24.3 Å². The lowest BCUT2D eigenvalue weighted by molar-refractivity contribution is -0.137. The van der Waals surface area contributed by atoms with Crippen LogP contribution in [0.1, 0.15) is 54.7 Å². The quantitative estimate of drug-likeness (QED) is 0.670. The Labute approximate surface area is 160 Å². The van der Waals surface area contributed by atoms with Gasteiger partial charge in [-0.25, -0.2) is 0 Å². The van der Waals surface area contributed by atoms with Gasteiger partial charge in [-0.2, -0.15) is 5.10 Å². The fraction of sp³-hybridized carbons (Fsp3) is 0.476. The summed E-state index contributed by atoms with van der Waals surface area (Å²) in [5, 5.41) is 16.3. The molecule has 2 aromatic rings. The normalized spacial score (nSPS) is 12.1. The first-order valence-electron chi connectivity index (χ1n) is 9.45. The first-order valence-corrected chi connectivity index (χ1v) is 9.45. The van der Waals surface area contributed by atoms with E-state index in [-0.39, 0.29) is 18.4 Å². The molecule has 0 saturated heterocycles. The van der Waals surface area contributed by atoms with Crippen molar-refractivity contribution in [3.8, 4) is 0 Å². The average molecular weight is 371 g/mol. The van der Waals surface area contributed by atoms with Crippen LogP contribution in [0.25, 0.3) is 0 Å². The summed E-state index contributed by atoms with van der Waals surface area (Å²) >= 11 is 0. The van der Waals surface area contributed by atoms with Crippen molar-refractivity contribution in [2.45, 2.75) is 59.0 Å². The van der Waals surface area contributed by atoms with Gasteiger partial charge in [-0.05, 0) is 37.7 Å². The number of aryl methyl sites for hydroxylation is 1. The lowest BCUT2D eigenvalue weighted by atomic mass is 10.0. The number of carbonyl (C=O) groups is 2. The lowest BCUT2D eigenvalue weighted by Crippen LogP contribution is -2.37. The molecule has 6 nitrogen and oxygen atoms in total. The molecule has 6 heteroatoms. The standard InChI is InChI=1S/C21H29N3O3/c1-15(2)11-12-24-16(3)19(14-22-24)21(27)23-18(9-10-20(25)26)13-17-7-5-4-6-8-17/h4-8,14-15,18H,9-13H2,1-3H3,(H,23,27)(H,25,26). The van der Waals surface area contributed by atoms with Gasteiger partial charge in [-0.15, -0.1) is 0 Å². The highest BCUT2D eigenvalue weighted by Crippen LogP contribution is 2.13. The third kappa shape index (κ3) is 6.55. The molecule has 1 heterocycles. The number of nitrogens with zero attached hydrogens (tertiary/aromatic N) is 2. The van der Waals surface area contributed by atoms with Crippen LogP contribution < -0.4 is 5.32 Å². The first kappa shape index (κ1) is 20.7. The molecule has 27 heavy (non-hydrogen) atoms. The largest absolute Gasteiger partial charge is 0.481 e. The summed E-state index contributed by atoms with van der Waals surface area (Å²) in [6.45, 7) is 6.99. The van der Waals surface area contributed by atoms with E-state index in [4.69, 9.17) is 5.11 Å². The van der Waals surface area contributed by atoms with E-state index in [0.717, 1.165) is 24.2 Å². The number of carbonyl (C=O) groups excluding carboxylic acids is 1. The summed E-state index contributed by atoms with van der Waals surface area (Å²) < 4.78 is 1.86. The van der Waals surface area contributed by atoms with Crippen molar-refractivity contribution in [1.29, 1.82) is 0 Å². The number of carboxylic acids is 1. The predicted octanol–water partition coefficient (Wildman–Crippen LogP) is 3.44. The van der Waals surface area contributed by atoms with Gasteiger partial charge in [-0.3, -0.25) is 14.3 Å². The average Bonchev–Trinajstić information content (AvgIpc) is 2.99. The third-order valence-corrected chi connectivity index (χ3v) is 4.63. The van der Waals surface area contributed by atoms with E-state index >= 15 is 0 Å². The molecule has 0 aliphatic rings. The molecule has 1 amide bonds. The maximum Gasteiger partial charge on any atom is 0.303 e. The zero-order chi connectivity index (χ0) is 19.8. The minimum absolute atomic E-state index is 0.0183. The molecule has 0 spiro atoms. The number of hydrogen-bond donors (Lipinski definition) is 2. The van der Waals surface area contributed by atoms with Crippen molar-refractivity contribution in [3.05, 3.63) is 53.3 Å². The molecule has 0 fully saturated rings. The number of aromatic nitrogens is 2. The van der Waals surface area contributed by atoms with Crippen molar-refractivity contribution in [2.24, 2.45) is 5.92 Å². The monoisotopic (exact) mass is 371 g/mol. The molecule has 1 aromatic carbocycles. The van der Waals surface area contributed by atoms with Gasteiger partial charge in [0.05, 0.1) is 11.8 Å². The number of carboxylic acid groups (broad SMARTS) is 1. The second-order valence-electron chi connectivity index (χ2n) is 7.34. The zero-order valence-electron chi connectivity index (χ0n) is 16.3. The highest BCUT2D eigenvalue weighted by molar-refractivity contribution is 5.95. The predicted molar refractivity (Wildman–Crippen MR) is 105 cm³/mol. The van der Waals surface area contributed by atoms with Crippen molar-refractivity contribution >= 4 is 11.9 Å². The van der Waals surface area contributed by atoms with Gasteiger partial charge in [0.2, 0.25) is 0 Å². The Morgan fingerprint density at radius 1 is 1.19 bits per heavy atom. The van der Waals surface area contributed by atoms with E-state index in [1.807, 2.05) is 41.9 Å². The summed E-state index contributed by atoms with van der Waals surface area (Å²) in [5.74, 6) is -0.494. The molecular formula is C21H29N3O3. The maximum atomic E-state index is 12.8. The first-order chi connectivity index (χ1) is 12.9. The molecule has 1 unspecified atom stereocenters. The fourth-order valence-corrected chi connectivity index (χ4v) is 2.96. The summed E-state index contributed by atoms with van der Waals surface area (Å²) in [6.07, 6.45) is 3.60. The molecule has 0 aliphatic heterocycles. The second kappa shape index (κ2) is 9.90. The Kier molecular flexibility index (Phi) is 7.58. The maximum absolute atomic E-state index is 12.8. The van der Waals surface area contributed by atoms with E-state index < -0.39 is 5.97 Å². The minimum atomic E-state index is -0.861. The number of rotatable bonds is 10. The van der Waals surface area contributed by atoms with Crippen LogP contribution in [0.15, 0.2) is 36.5 Å². The van der Waals surface area contributed by atoms with Crippen LogP contribution in [0.2, 0.25) is 0 Å². The van der Waals surface area contributed by atoms with Gasteiger partial charge in [-0.1, -0.05) is 44.2 Å². The van der Waals surface area contributed by atoms with Gasteiger partial charge in [0.25, 0.3) is 5.91 Å². The van der Waals surface area contributed by atoms with Crippen molar-refractivity contribution in [3.63, 3.8) is 0 Å². The van der Waals surface area contributed by atoms with Crippen LogP contribution in [-0.2, 0) is 17.8 Å². The van der Waals surface area contributed by atoms with Gasteiger partial charge < -0.3 is 10.4 Å².